The lowest BCUT2D eigenvalue weighted by molar-refractivity contribution is -0.117. The Balaban J connectivity index is 1.72. The van der Waals surface area contributed by atoms with Gasteiger partial charge < -0.3 is 10.2 Å². The van der Waals surface area contributed by atoms with Crippen molar-refractivity contribution in [2.24, 2.45) is 29.1 Å². The third kappa shape index (κ3) is 5.25. The highest BCUT2D eigenvalue weighted by Crippen LogP contribution is 2.60. The first-order valence-electron chi connectivity index (χ1n) is 12.5. The molecule has 3 nitrogen and oxygen atoms in total. The molecule has 3 fully saturated rings. The van der Waals surface area contributed by atoms with Crippen molar-refractivity contribution in [1.29, 1.82) is 0 Å². The van der Waals surface area contributed by atoms with Gasteiger partial charge in [0.15, 0.2) is 5.78 Å². The van der Waals surface area contributed by atoms with Gasteiger partial charge in [0.2, 0.25) is 0 Å². The van der Waals surface area contributed by atoms with Crippen molar-refractivity contribution in [3.05, 3.63) is 35.5 Å². The maximum Gasteiger partial charge on any atom is 0.165 e. The Bertz CT molecular complexity index is 753. The standard InChI is InChI=1S/C28H44O3/c1-18(9-10-19(2)27(4,5)31)24-13-14-25-21(8-7-15-28(24,25)6)11-12-22-16-23(29)17-26(30)20(22)3/h11-12,18-19,23-25,29,31H,3,7-10,13-17H2,1-2,4-6H3. The lowest BCUT2D eigenvalue weighted by atomic mass is 9.60. The molecule has 0 aromatic heterocycles. The van der Waals surface area contributed by atoms with Gasteiger partial charge in [-0.15, -0.1) is 0 Å². The van der Waals surface area contributed by atoms with Crippen LogP contribution in [-0.2, 0) is 4.79 Å². The molecule has 3 heteroatoms. The molecule has 0 saturated heterocycles. The normalized spacial score (nSPS) is 36.7. The van der Waals surface area contributed by atoms with Crippen LogP contribution in [0.3, 0.4) is 0 Å². The first-order valence-corrected chi connectivity index (χ1v) is 12.5. The van der Waals surface area contributed by atoms with Crippen molar-refractivity contribution in [1.82, 2.24) is 0 Å². The van der Waals surface area contributed by atoms with Crippen LogP contribution in [-0.4, -0.2) is 27.7 Å². The summed E-state index contributed by atoms with van der Waals surface area (Å²) in [5, 5.41) is 20.3. The molecule has 0 spiro atoms. The van der Waals surface area contributed by atoms with Gasteiger partial charge in [-0.05, 0) is 93.5 Å². The molecular formula is C28H44O3. The Hall–Kier alpha value is -1.19. The molecular weight excluding hydrogens is 384 g/mol. The number of carbonyl (C=O) groups is 1. The van der Waals surface area contributed by atoms with E-state index in [9.17, 15) is 15.0 Å². The second kappa shape index (κ2) is 9.35. The fourth-order valence-corrected chi connectivity index (χ4v) is 6.62. The molecule has 174 valence electrons. The third-order valence-corrected chi connectivity index (χ3v) is 9.09. The van der Waals surface area contributed by atoms with Crippen LogP contribution in [0.15, 0.2) is 35.5 Å². The van der Waals surface area contributed by atoms with Gasteiger partial charge in [0.05, 0.1) is 11.7 Å². The average Bonchev–Trinajstić information content (AvgIpc) is 3.04. The maximum atomic E-state index is 12.1. The minimum Gasteiger partial charge on any atom is -0.392 e. The number of aliphatic hydroxyl groups is 2. The summed E-state index contributed by atoms with van der Waals surface area (Å²) in [6, 6.07) is 0. The topological polar surface area (TPSA) is 57.5 Å². The molecule has 31 heavy (non-hydrogen) atoms. The third-order valence-electron chi connectivity index (χ3n) is 9.09. The van der Waals surface area contributed by atoms with E-state index in [1.165, 1.54) is 37.7 Å². The average molecular weight is 429 g/mol. The Kier molecular flexibility index (Phi) is 7.38. The molecule has 3 aliphatic carbocycles. The summed E-state index contributed by atoms with van der Waals surface area (Å²) in [5.74, 6) is 2.32. The number of Topliss-reactive ketones (excluding diaryl/α,β-unsaturated/α-hetero) is 1. The largest absolute Gasteiger partial charge is 0.392 e. The van der Waals surface area contributed by atoms with Gasteiger partial charge in [-0.2, -0.15) is 0 Å². The van der Waals surface area contributed by atoms with Gasteiger partial charge >= 0.3 is 0 Å². The Morgan fingerprint density at radius 1 is 1.19 bits per heavy atom. The summed E-state index contributed by atoms with van der Waals surface area (Å²) in [6.45, 7) is 14.9. The summed E-state index contributed by atoms with van der Waals surface area (Å²) in [5.41, 5.74) is 2.76. The van der Waals surface area contributed by atoms with E-state index in [1.807, 2.05) is 13.8 Å². The predicted molar refractivity (Wildman–Crippen MR) is 128 cm³/mol. The number of rotatable bonds is 6. The first-order chi connectivity index (χ1) is 14.4. The lowest BCUT2D eigenvalue weighted by Crippen LogP contribution is -2.36. The Morgan fingerprint density at radius 2 is 1.90 bits per heavy atom. The van der Waals surface area contributed by atoms with Crippen molar-refractivity contribution >= 4 is 5.78 Å². The van der Waals surface area contributed by atoms with Crippen LogP contribution in [0.1, 0.15) is 92.4 Å². The van der Waals surface area contributed by atoms with Crippen LogP contribution in [0, 0.1) is 29.1 Å². The molecule has 3 rings (SSSR count). The van der Waals surface area contributed by atoms with E-state index in [0.717, 1.165) is 24.3 Å². The zero-order valence-corrected chi connectivity index (χ0v) is 20.4. The monoisotopic (exact) mass is 428 g/mol. The molecule has 3 aliphatic rings. The fourth-order valence-electron chi connectivity index (χ4n) is 6.62. The van der Waals surface area contributed by atoms with Crippen molar-refractivity contribution < 1.29 is 15.0 Å². The molecule has 0 bridgehead atoms. The second-order valence-electron chi connectivity index (χ2n) is 11.6. The molecule has 0 aromatic carbocycles. The van der Waals surface area contributed by atoms with Gasteiger partial charge in [0, 0.05) is 12.0 Å². The number of allylic oxidation sites excluding steroid dienone is 4. The van der Waals surface area contributed by atoms with E-state index < -0.39 is 11.7 Å². The van der Waals surface area contributed by atoms with Crippen LogP contribution in [0.2, 0.25) is 0 Å². The minimum absolute atomic E-state index is 0.0214. The number of ketones is 1. The number of fused-ring (bicyclic) bond motifs is 1. The number of aliphatic hydroxyl groups excluding tert-OH is 1. The van der Waals surface area contributed by atoms with Gasteiger partial charge in [-0.25, -0.2) is 0 Å². The van der Waals surface area contributed by atoms with Crippen LogP contribution in [0.5, 0.6) is 0 Å². The van der Waals surface area contributed by atoms with Gasteiger partial charge in [0.1, 0.15) is 0 Å². The zero-order valence-electron chi connectivity index (χ0n) is 20.4. The Morgan fingerprint density at radius 3 is 2.58 bits per heavy atom. The molecule has 0 radical (unpaired) electrons. The van der Waals surface area contributed by atoms with Crippen molar-refractivity contribution in [3.8, 4) is 0 Å². The first kappa shape index (κ1) is 24.5. The smallest absolute Gasteiger partial charge is 0.165 e. The predicted octanol–water partition coefficient (Wildman–Crippen LogP) is 6.16. The molecule has 3 saturated carbocycles. The number of hydrogen-bond acceptors (Lipinski definition) is 3. The van der Waals surface area contributed by atoms with Crippen LogP contribution < -0.4 is 0 Å². The highest BCUT2D eigenvalue weighted by molar-refractivity contribution is 6.00. The lowest BCUT2D eigenvalue weighted by Gasteiger charge is -2.44. The molecule has 0 aliphatic heterocycles. The quantitative estimate of drug-likeness (QED) is 0.498. The summed E-state index contributed by atoms with van der Waals surface area (Å²) >= 11 is 0. The zero-order chi connectivity index (χ0) is 23.0. The van der Waals surface area contributed by atoms with Gasteiger partial charge in [-0.1, -0.05) is 51.5 Å². The summed E-state index contributed by atoms with van der Waals surface area (Å²) in [7, 11) is 0. The molecule has 6 atom stereocenters. The van der Waals surface area contributed by atoms with Crippen molar-refractivity contribution in [2.75, 3.05) is 0 Å². The summed E-state index contributed by atoms with van der Waals surface area (Å²) in [4.78, 5) is 12.1. The highest BCUT2D eigenvalue weighted by Gasteiger charge is 2.50. The van der Waals surface area contributed by atoms with Gasteiger partial charge in [-0.3, -0.25) is 4.79 Å². The van der Waals surface area contributed by atoms with E-state index in [1.54, 1.807) is 0 Å². The van der Waals surface area contributed by atoms with Crippen LogP contribution in [0.4, 0.5) is 0 Å². The second-order valence-corrected chi connectivity index (χ2v) is 11.6. The molecule has 6 unspecified atom stereocenters. The molecule has 0 heterocycles. The minimum atomic E-state index is -0.603. The molecule has 0 aromatic rings. The number of hydrogen-bond donors (Lipinski definition) is 2. The fraction of sp³-hybridized carbons (Fsp3) is 0.750. The SMILES string of the molecule is C=C1C(=O)CC(O)CC1=CC=C1CCCC2(C)C1CCC2C(C)CCC(C)C(C)(C)O. The molecule has 0 amide bonds. The number of carbonyl (C=O) groups excluding carboxylic acids is 1. The van der Waals surface area contributed by atoms with Crippen LogP contribution >= 0.6 is 0 Å². The summed E-state index contributed by atoms with van der Waals surface area (Å²) < 4.78 is 0. The van der Waals surface area contributed by atoms with E-state index in [0.29, 0.717) is 35.2 Å². The highest BCUT2D eigenvalue weighted by atomic mass is 16.3. The van der Waals surface area contributed by atoms with Crippen molar-refractivity contribution in [2.45, 2.75) is 104 Å². The van der Waals surface area contributed by atoms with E-state index >= 15 is 0 Å². The Labute approximate surface area is 189 Å². The summed E-state index contributed by atoms with van der Waals surface area (Å²) in [6.07, 6.45) is 13.0. The van der Waals surface area contributed by atoms with Gasteiger partial charge in [0.25, 0.3) is 0 Å². The van der Waals surface area contributed by atoms with E-state index in [2.05, 4.69) is 39.5 Å². The van der Waals surface area contributed by atoms with Crippen molar-refractivity contribution in [3.63, 3.8) is 0 Å². The molecule has 2 N–H and O–H groups in total. The maximum absolute atomic E-state index is 12.1. The van der Waals surface area contributed by atoms with Crippen LogP contribution in [0.25, 0.3) is 0 Å². The van der Waals surface area contributed by atoms with E-state index in [4.69, 9.17) is 0 Å². The van der Waals surface area contributed by atoms with E-state index in [-0.39, 0.29) is 12.2 Å².